The van der Waals surface area contributed by atoms with Crippen LogP contribution in [-0.4, -0.2) is 23.1 Å². The van der Waals surface area contributed by atoms with Crippen LogP contribution in [0.1, 0.15) is 12.8 Å². The number of hydrogen-bond donors (Lipinski definition) is 1. The number of nitrogens with zero attached hydrogens (tertiary/aromatic N) is 2. The first-order valence-corrected chi connectivity index (χ1v) is 5.23. The van der Waals surface area contributed by atoms with E-state index in [0.717, 1.165) is 30.1 Å². The maximum absolute atomic E-state index is 13.0. The van der Waals surface area contributed by atoms with Crippen molar-refractivity contribution in [3.05, 3.63) is 24.0 Å². The lowest BCUT2D eigenvalue weighted by Crippen LogP contribution is -2.18. The van der Waals surface area contributed by atoms with Crippen molar-refractivity contribution in [2.24, 2.45) is 0 Å². The fourth-order valence-electron chi connectivity index (χ4n) is 2.05. The molecule has 2 heterocycles. The number of benzene rings is 1. The zero-order chi connectivity index (χ0) is 10.3. The second-order valence-corrected chi connectivity index (χ2v) is 3.92. The Morgan fingerprint density at radius 3 is 2.87 bits per heavy atom. The Labute approximate surface area is 86.9 Å². The molecule has 0 unspecified atom stereocenters. The Bertz CT molecular complexity index is 486. The summed E-state index contributed by atoms with van der Waals surface area (Å²) >= 11 is 0. The average molecular weight is 205 g/mol. The molecule has 1 aromatic carbocycles. The third-order valence-corrected chi connectivity index (χ3v) is 2.84. The van der Waals surface area contributed by atoms with Gasteiger partial charge >= 0.3 is 0 Å². The van der Waals surface area contributed by atoms with Crippen molar-refractivity contribution in [2.75, 3.05) is 18.0 Å². The van der Waals surface area contributed by atoms with Crippen molar-refractivity contribution in [1.29, 1.82) is 0 Å². The summed E-state index contributed by atoms with van der Waals surface area (Å²) in [5.41, 5.74) is 1.61. The number of rotatable bonds is 1. The zero-order valence-electron chi connectivity index (χ0n) is 8.33. The highest BCUT2D eigenvalue weighted by Gasteiger charge is 2.15. The standard InChI is InChI=1S/C11H12FN3/c12-8-3-4-9-10(7-8)14-11(13-9)15-5-1-2-6-15/h3-4,7H,1-2,5-6H2,(H,13,14). The number of H-pyrrole nitrogens is 1. The second-order valence-electron chi connectivity index (χ2n) is 3.92. The summed E-state index contributed by atoms with van der Waals surface area (Å²) in [5.74, 6) is 0.646. The summed E-state index contributed by atoms with van der Waals surface area (Å²) in [4.78, 5) is 9.80. The minimum absolute atomic E-state index is 0.223. The third-order valence-electron chi connectivity index (χ3n) is 2.84. The topological polar surface area (TPSA) is 31.9 Å². The molecule has 1 aromatic heterocycles. The van der Waals surface area contributed by atoms with E-state index < -0.39 is 0 Å². The molecule has 0 radical (unpaired) electrons. The lowest BCUT2D eigenvalue weighted by Gasteiger charge is -2.12. The summed E-state index contributed by atoms with van der Waals surface area (Å²) in [6, 6.07) is 4.64. The average Bonchev–Trinajstić information content (AvgIpc) is 2.84. The van der Waals surface area contributed by atoms with Gasteiger partial charge < -0.3 is 9.88 Å². The Kier molecular flexibility index (Phi) is 1.87. The summed E-state index contributed by atoms with van der Waals surface area (Å²) in [7, 11) is 0. The maximum Gasteiger partial charge on any atom is 0.203 e. The number of aromatic amines is 1. The molecule has 1 fully saturated rings. The van der Waals surface area contributed by atoms with Crippen LogP contribution in [0, 0.1) is 5.82 Å². The quantitative estimate of drug-likeness (QED) is 0.774. The molecule has 0 bridgehead atoms. The minimum Gasteiger partial charge on any atom is -0.342 e. The van der Waals surface area contributed by atoms with E-state index in [9.17, 15) is 4.39 Å². The van der Waals surface area contributed by atoms with Crippen LogP contribution in [-0.2, 0) is 0 Å². The Morgan fingerprint density at radius 1 is 1.27 bits per heavy atom. The number of nitrogens with one attached hydrogen (secondary N) is 1. The molecule has 0 aliphatic carbocycles. The van der Waals surface area contributed by atoms with E-state index in [2.05, 4.69) is 14.9 Å². The van der Waals surface area contributed by atoms with Crippen molar-refractivity contribution >= 4 is 17.0 Å². The first kappa shape index (κ1) is 8.71. The molecule has 0 amide bonds. The Hall–Kier alpha value is -1.58. The van der Waals surface area contributed by atoms with Crippen molar-refractivity contribution < 1.29 is 4.39 Å². The van der Waals surface area contributed by atoms with Gasteiger partial charge in [-0.3, -0.25) is 0 Å². The lowest BCUT2D eigenvalue weighted by molar-refractivity contribution is 0.629. The van der Waals surface area contributed by atoms with E-state index in [1.54, 1.807) is 6.07 Å². The van der Waals surface area contributed by atoms with E-state index in [0.29, 0.717) is 0 Å². The molecule has 4 heteroatoms. The van der Waals surface area contributed by atoms with E-state index in [1.807, 2.05) is 0 Å². The van der Waals surface area contributed by atoms with Crippen molar-refractivity contribution in [3.63, 3.8) is 0 Å². The van der Waals surface area contributed by atoms with E-state index in [1.165, 1.54) is 25.0 Å². The van der Waals surface area contributed by atoms with Gasteiger partial charge in [-0.15, -0.1) is 0 Å². The van der Waals surface area contributed by atoms with Gasteiger partial charge in [-0.25, -0.2) is 9.37 Å². The number of fused-ring (bicyclic) bond motifs is 1. The van der Waals surface area contributed by atoms with Crippen LogP contribution in [0.4, 0.5) is 10.3 Å². The first-order chi connectivity index (χ1) is 7.33. The predicted octanol–water partition coefficient (Wildman–Crippen LogP) is 2.30. The van der Waals surface area contributed by atoms with Gasteiger partial charge in [0.1, 0.15) is 5.82 Å². The number of hydrogen-bond acceptors (Lipinski definition) is 2. The summed E-state index contributed by atoms with van der Waals surface area (Å²) in [6.45, 7) is 2.09. The molecule has 1 aliphatic heterocycles. The third kappa shape index (κ3) is 1.46. The molecule has 0 saturated carbocycles. The lowest BCUT2D eigenvalue weighted by atomic mass is 10.3. The fourth-order valence-corrected chi connectivity index (χ4v) is 2.05. The molecule has 3 nitrogen and oxygen atoms in total. The van der Waals surface area contributed by atoms with Crippen LogP contribution in [0.15, 0.2) is 18.2 Å². The molecular formula is C11H12FN3. The number of imidazole rings is 1. The van der Waals surface area contributed by atoms with Gasteiger partial charge in [0.05, 0.1) is 11.0 Å². The van der Waals surface area contributed by atoms with Crippen LogP contribution in [0.5, 0.6) is 0 Å². The van der Waals surface area contributed by atoms with E-state index >= 15 is 0 Å². The molecular weight excluding hydrogens is 193 g/mol. The molecule has 15 heavy (non-hydrogen) atoms. The molecule has 78 valence electrons. The Balaban J connectivity index is 2.05. The van der Waals surface area contributed by atoms with Gasteiger partial charge in [0.25, 0.3) is 0 Å². The van der Waals surface area contributed by atoms with Crippen LogP contribution >= 0.6 is 0 Å². The molecule has 1 N–H and O–H groups in total. The van der Waals surface area contributed by atoms with Crippen LogP contribution in [0.2, 0.25) is 0 Å². The van der Waals surface area contributed by atoms with Crippen molar-refractivity contribution in [2.45, 2.75) is 12.8 Å². The van der Waals surface area contributed by atoms with Gasteiger partial charge in [-0.2, -0.15) is 0 Å². The van der Waals surface area contributed by atoms with Gasteiger partial charge in [-0.1, -0.05) is 0 Å². The van der Waals surface area contributed by atoms with Gasteiger partial charge in [0.2, 0.25) is 5.95 Å². The van der Waals surface area contributed by atoms with Crippen LogP contribution in [0.25, 0.3) is 11.0 Å². The largest absolute Gasteiger partial charge is 0.342 e. The number of anilines is 1. The van der Waals surface area contributed by atoms with Crippen molar-refractivity contribution in [3.8, 4) is 0 Å². The second kappa shape index (κ2) is 3.22. The summed E-state index contributed by atoms with van der Waals surface area (Å²) in [6.07, 6.45) is 2.43. The maximum atomic E-state index is 13.0. The smallest absolute Gasteiger partial charge is 0.203 e. The SMILES string of the molecule is Fc1ccc2nc(N3CCCC3)[nH]c2c1. The first-order valence-electron chi connectivity index (χ1n) is 5.23. The minimum atomic E-state index is -0.223. The number of halogens is 1. The fraction of sp³-hybridized carbons (Fsp3) is 0.364. The Morgan fingerprint density at radius 2 is 2.07 bits per heavy atom. The number of aromatic nitrogens is 2. The van der Waals surface area contributed by atoms with Crippen LogP contribution in [0.3, 0.4) is 0 Å². The molecule has 2 aromatic rings. The van der Waals surface area contributed by atoms with E-state index in [-0.39, 0.29) is 5.82 Å². The molecule has 1 aliphatic rings. The molecule has 1 saturated heterocycles. The monoisotopic (exact) mass is 205 g/mol. The summed E-state index contributed by atoms with van der Waals surface area (Å²) < 4.78 is 13.0. The predicted molar refractivity (Wildman–Crippen MR) is 57.5 cm³/mol. The zero-order valence-corrected chi connectivity index (χ0v) is 8.33. The molecule has 0 spiro atoms. The van der Waals surface area contributed by atoms with Gasteiger partial charge in [0.15, 0.2) is 0 Å². The highest BCUT2D eigenvalue weighted by atomic mass is 19.1. The van der Waals surface area contributed by atoms with Gasteiger partial charge in [-0.05, 0) is 31.0 Å². The highest BCUT2D eigenvalue weighted by molar-refractivity contribution is 5.77. The molecule has 3 rings (SSSR count). The normalized spacial score (nSPS) is 16.5. The van der Waals surface area contributed by atoms with Gasteiger partial charge in [0, 0.05) is 13.1 Å². The highest BCUT2D eigenvalue weighted by Crippen LogP contribution is 2.21. The molecule has 0 atom stereocenters. The van der Waals surface area contributed by atoms with E-state index in [4.69, 9.17) is 0 Å². The van der Waals surface area contributed by atoms with Crippen molar-refractivity contribution in [1.82, 2.24) is 9.97 Å². The summed E-state index contributed by atoms with van der Waals surface area (Å²) in [5, 5.41) is 0. The van der Waals surface area contributed by atoms with Crippen LogP contribution < -0.4 is 4.90 Å².